The van der Waals surface area contributed by atoms with Gasteiger partial charge in [-0.25, -0.2) is 4.98 Å². The molecule has 6 heteroatoms. The van der Waals surface area contributed by atoms with Gasteiger partial charge in [0, 0.05) is 36.8 Å². The summed E-state index contributed by atoms with van der Waals surface area (Å²) < 4.78 is 13.0. The third-order valence-corrected chi connectivity index (χ3v) is 4.69. The van der Waals surface area contributed by atoms with Gasteiger partial charge < -0.3 is 14.4 Å². The van der Waals surface area contributed by atoms with E-state index in [9.17, 15) is 4.79 Å². The highest BCUT2D eigenvalue weighted by molar-refractivity contribution is 5.38. The Bertz CT molecular complexity index is 936. The van der Waals surface area contributed by atoms with E-state index in [0.717, 1.165) is 36.6 Å². The lowest BCUT2D eigenvalue weighted by Gasteiger charge is -2.18. The van der Waals surface area contributed by atoms with Crippen LogP contribution in [0.25, 0.3) is 5.69 Å². The Morgan fingerprint density at radius 1 is 1.00 bits per heavy atom. The molecule has 1 aromatic carbocycles. The molecule has 0 amide bonds. The van der Waals surface area contributed by atoms with Crippen molar-refractivity contribution < 1.29 is 9.47 Å². The fourth-order valence-electron chi connectivity index (χ4n) is 2.95. The fourth-order valence-corrected chi connectivity index (χ4v) is 2.95. The van der Waals surface area contributed by atoms with Gasteiger partial charge in [-0.2, -0.15) is 0 Å². The normalized spacial score (nSPS) is 10.9. The Labute approximate surface area is 171 Å². The van der Waals surface area contributed by atoms with Crippen LogP contribution in [0.15, 0.2) is 71.8 Å². The van der Waals surface area contributed by atoms with Crippen LogP contribution in [-0.4, -0.2) is 40.7 Å². The van der Waals surface area contributed by atoms with Crippen LogP contribution in [0.1, 0.15) is 19.4 Å². The average Bonchev–Trinajstić information content (AvgIpc) is 2.77. The minimum Gasteiger partial charge on any atom is -0.492 e. The van der Waals surface area contributed by atoms with Crippen molar-refractivity contribution >= 4 is 0 Å². The number of rotatable bonds is 10. The average molecular weight is 393 g/mol. The van der Waals surface area contributed by atoms with Crippen LogP contribution < -0.4 is 15.0 Å². The molecule has 29 heavy (non-hydrogen) atoms. The zero-order valence-electron chi connectivity index (χ0n) is 17.0. The van der Waals surface area contributed by atoms with Crippen LogP contribution in [0.4, 0.5) is 0 Å². The van der Waals surface area contributed by atoms with Crippen molar-refractivity contribution in [3.63, 3.8) is 0 Å². The van der Waals surface area contributed by atoms with Crippen molar-refractivity contribution in [3.05, 3.63) is 82.9 Å². The first kappa shape index (κ1) is 20.6. The van der Waals surface area contributed by atoms with E-state index >= 15 is 0 Å². The second kappa shape index (κ2) is 10.4. The highest BCUT2D eigenvalue weighted by atomic mass is 16.5. The summed E-state index contributed by atoms with van der Waals surface area (Å²) in [5, 5.41) is 0. The van der Waals surface area contributed by atoms with E-state index in [0.29, 0.717) is 19.1 Å². The highest BCUT2D eigenvalue weighted by Gasteiger charge is 2.04. The van der Waals surface area contributed by atoms with Gasteiger partial charge >= 0.3 is 0 Å². The van der Waals surface area contributed by atoms with Gasteiger partial charge in [-0.15, -0.1) is 0 Å². The number of hydrogen-bond donors (Lipinski definition) is 0. The van der Waals surface area contributed by atoms with Crippen molar-refractivity contribution in [2.24, 2.45) is 0 Å². The van der Waals surface area contributed by atoms with Crippen LogP contribution in [0.5, 0.6) is 11.6 Å². The smallest absolute Gasteiger partial charge is 0.255 e. The summed E-state index contributed by atoms with van der Waals surface area (Å²) in [6.45, 7) is 8.17. The molecule has 2 heterocycles. The molecule has 0 fully saturated rings. The van der Waals surface area contributed by atoms with Crippen molar-refractivity contribution in [2.75, 3.05) is 26.2 Å². The van der Waals surface area contributed by atoms with Gasteiger partial charge in [0.25, 0.3) is 5.56 Å². The van der Waals surface area contributed by atoms with E-state index in [4.69, 9.17) is 9.47 Å². The number of nitrogens with zero attached hydrogens (tertiary/aromatic N) is 3. The number of ether oxygens (including phenoxy) is 2. The first-order valence-corrected chi connectivity index (χ1v) is 9.90. The minimum atomic E-state index is -0.109. The second-order valence-corrected chi connectivity index (χ2v) is 6.57. The third kappa shape index (κ3) is 5.93. The Morgan fingerprint density at radius 2 is 1.79 bits per heavy atom. The predicted octanol–water partition coefficient (Wildman–Crippen LogP) is 3.53. The summed E-state index contributed by atoms with van der Waals surface area (Å²) in [5.41, 5.74) is 1.49. The number of likely N-dealkylation sites (N-methyl/N-ethyl adjacent to an activating group) is 1. The summed E-state index contributed by atoms with van der Waals surface area (Å²) in [4.78, 5) is 18.9. The molecule has 0 radical (unpaired) electrons. The van der Waals surface area contributed by atoms with Gasteiger partial charge in [0.05, 0.1) is 0 Å². The van der Waals surface area contributed by atoms with Crippen LogP contribution in [0.2, 0.25) is 0 Å². The first-order chi connectivity index (χ1) is 14.2. The molecule has 2 aromatic heterocycles. The predicted molar refractivity (Wildman–Crippen MR) is 114 cm³/mol. The van der Waals surface area contributed by atoms with E-state index in [1.165, 1.54) is 0 Å². The highest BCUT2D eigenvalue weighted by Crippen LogP contribution is 2.15. The zero-order valence-corrected chi connectivity index (χ0v) is 17.0. The molecule has 0 aliphatic carbocycles. The van der Waals surface area contributed by atoms with E-state index in [2.05, 4.69) is 23.7 Å². The monoisotopic (exact) mass is 393 g/mol. The lowest BCUT2D eigenvalue weighted by Crippen LogP contribution is -2.27. The second-order valence-electron chi connectivity index (χ2n) is 6.57. The quantitative estimate of drug-likeness (QED) is 0.527. The number of benzene rings is 1. The molecule has 6 nitrogen and oxygen atoms in total. The molecule has 0 bridgehead atoms. The van der Waals surface area contributed by atoms with Gasteiger partial charge in [0.15, 0.2) is 0 Å². The molecule has 0 aliphatic rings. The van der Waals surface area contributed by atoms with Gasteiger partial charge in [-0.05, 0) is 55.1 Å². The van der Waals surface area contributed by atoms with Crippen LogP contribution in [-0.2, 0) is 6.61 Å². The Morgan fingerprint density at radius 3 is 2.45 bits per heavy atom. The molecule has 0 unspecified atom stereocenters. The molecule has 0 aliphatic heterocycles. The molecule has 0 atom stereocenters. The molecule has 3 rings (SSSR count). The van der Waals surface area contributed by atoms with Crippen molar-refractivity contribution in [3.8, 4) is 17.3 Å². The van der Waals surface area contributed by atoms with Gasteiger partial charge in [-0.1, -0.05) is 19.9 Å². The van der Waals surface area contributed by atoms with Crippen molar-refractivity contribution in [1.29, 1.82) is 0 Å². The van der Waals surface area contributed by atoms with Gasteiger partial charge in [0.2, 0.25) is 5.88 Å². The lowest BCUT2D eigenvalue weighted by atomic mass is 10.2. The number of pyridine rings is 2. The third-order valence-electron chi connectivity index (χ3n) is 4.69. The van der Waals surface area contributed by atoms with Crippen molar-refractivity contribution in [2.45, 2.75) is 20.5 Å². The van der Waals surface area contributed by atoms with Gasteiger partial charge in [-0.3, -0.25) is 9.36 Å². The fraction of sp³-hybridized carbons (Fsp3) is 0.304. The summed E-state index contributed by atoms with van der Waals surface area (Å²) in [7, 11) is 0. The van der Waals surface area contributed by atoms with Crippen LogP contribution in [0, 0.1) is 0 Å². The maximum Gasteiger partial charge on any atom is 0.255 e. The standard InChI is InChI=1S/C23H27N3O3/c1-3-25(4-2)15-16-28-21-10-8-20(9-11-21)26-14-12-19(17-23(26)27)18-29-22-7-5-6-13-24-22/h5-14,17H,3-4,15-16,18H2,1-2H3. The summed E-state index contributed by atoms with van der Waals surface area (Å²) in [6.07, 6.45) is 3.43. The van der Waals surface area contributed by atoms with E-state index < -0.39 is 0 Å². The van der Waals surface area contributed by atoms with E-state index in [-0.39, 0.29) is 5.56 Å². The molecule has 0 N–H and O–H groups in total. The molecular weight excluding hydrogens is 366 g/mol. The van der Waals surface area contributed by atoms with E-state index in [1.807, 2.05) is 42.5 Å². The topological polar surface area (TPSA) is 56.6 Å². The number of aromatic nitrogens is 2. The Balaban J connectivity index is 1.59. The van der Waals surface area contributed by atoms with Gasteiger partial charge in [0.1, 0.15) is 19.0 Å². The Kier molecular flexibility index (Phi) is 7.41. The molecule has 0 saturated heterocycles. The summed E-state index contributed by atoms with van der Waals surface area (Å²) in [6, 6.07) is 16.5. The number of hydrogen-bond acceptors (Lipinski definition) is 5. The van der Waals surface area contributed by atoms with Crippen LogP contribution >= 0.6 is 0 Å². The molecule has 0 saturated carbocycles. The zero-order chi connectivity index (χ0) is 20.5. The maximum atomic E-state index is 12.5. The summed E-state index contributed by atoms with van der Waals surface area (Å²) >= 11 is 0. The first-order valence-electron chi connectivity index (χ1n) is 9.90. The SMILES string of the molecule is CCN(CC)CCOc1ccc(-n2ccc(COc3ccccn3)cc2=O)cc1. The molecule has 152 valence electrons. The maximum absolute atomic E-state index is 12.5. The minimum absolute atomic E-state index is 0.109. The van der Waals surface area contributed by atoms with Crippen LogP contribution in [0.3, 0.4) is 0 Å². The lowest BCUT2D eigenvalue weighted by molar-refractivity contribution is 0.223. The van der Waals surface area contributed by atoms with E-state index in [1.54, 1.807) is 29.1 Å². The Hall–Kier alpha value is -3.12. The van der Waals surface area contributed by atoms with Crippen molar-refractivity contribution in [1.82, 2.24) is 14.5 Å². The molecule has 3 aromatic rings. The largest absolute Gasteiger partial charge is 0.492 e. The summed E-state index contributed by atoms with van der Waals surface area (Å²) in [5.74, 6) is 1.34. The molecule has 0 spiro atoms. The molecular formula is C23H27N3O3.